The number of nitrogens with one attached hydrogen (secondary N) is 2. The van der Waals surface area contributed by atoms with Crippen LogP contribution in [0.25, 0.3) is 0 Å². The van der Waals surface area contributed by atoms with Gasteiger partial charge in [-0.1, -0.05) is 0 Å². The van der Waals surface area contributed by atoms with E-state index in [1.807, 2.05) is 5.48 Å². The van der Waals surface area contributed by atoms with E-state index < -0.39 is 18.6 Å². The van der Waals surface area contributed by atoms with E-state index in [1.165, 1.54) is 7.11 Å². The van der Waals surface area contributed by atoms with Crippen molar-refractivity contribution in [2.45, 2.75) is 0 Å². The van der Waals surface area contributed by atoms with Crippen LogP contribution in [0.1, 0.15) is 0 Å². The van der Waals surface area contributed by atoms with Crippen molar-refractivity contribution in [1.29, 1.82) is 0 Å². The smallest absolute Gasteiger partial charge is 0.343 e. The number of carboxylic acids is 1. The maximum atomic E-state index is 11.3. The summed E-state index contributed by atoms with van der Waals surface area (Å²) in [4.78, 5) is 25.9. The summed E-state index contributed by atoms with van der Waals surface area (Å²) >= 11 is 3.25. The number of carbonyl (C=O) groups excluding carboxylic acids is 1. The quantitative estimate of drug-likeness (QED) is 0.716. The molecule has 2 amide bonds. The fourth-order valence-corrected chi connectivity index (χ4v) is 1.38. The molecule has 1 aromatic rings. The van der Waals surface area contributed by atoms with Crippen molar-refractivity contribution in [3.8, 4) is 5.75 Å². The molecule has 0 atom stereocenters. The number of hydrogen-bond donors (Lipinski definition) is 3. The van der Waals surface area contributed by atoms with Crippen molar-refractivity contribution in [2.24, 2.45) is 0 Å². The van der Waals surface area contributed by atoms with Crippen LogP contribution in [-0.2, 0) is 9.63 Å². The van der Waals surface area contributed by atoms with Crippen LogP contribution in [0.2, 0.25) is 0 Å². The number of urea groups is 1. The van der Waals surface area contributed by atoms with E-state index in [1.54, 1.807) is 18.2 Å². The number of benzene rings is 1. The molecule has 98 valence electrons. The van der Waals surface area contributed by atoms with Gasteiger partial charge in [-0.25, -0.2) is 15.1 Å². The zero-order valence-corrected chi connectivity index (χ0v) is 11.0. The molecule has 0 aliphatic heterocycles. The first-order valence-corrected chi connectivity index (χ1v) is 5.56. The van der Waals surface area contributed by atoms with Crippen molar-refractivity contribution >= 4 is 33.6 Å². The summed E-state index contributed by atoms with van der Waals surface area (Å²) < 4.78 is 5.65. The Morgan fingerprint density at radius 3 is 2.78 bits per heavy atom. The number of hydrogen-bond acceptors (Lipinski definition) is 4. The van der Waals surface area contributed by atoms with Gasteiger partial charge in [0.25, 0.3) is 0 Å². The van der Waals surface area contributed by atoms with Gasteiger partial charge in [0.15, 0.2) is 6.61 Å². The van der Waals surface area contributed by atoms with Gasteiger partial charge >= 0.3 is 12.0 Å². The summed E-state index contributed by atoms with van der Waals surface area (Å²) in [6.07, 6.45) is 0. The third kappa shape index (κ3) is 4.60. The molecular weight excluding hydrogens is 308 g/mol. The van der Waals surface area contributed by atoms with Crippen LogP contribution in [0.3, 0.4) is 0 Å². The highest BCUT2D eigenvalue weighted by Gasteiger charge is 2.07. The number of aliphatic carboxylic acids is 1. The van der Waals surface area contributed by atoms with E-state index in [0.29, 0.717) is 15.9 Å². The Morgan fingerprint density at radius 2 is 2.17 bits per heavy atom. The van der Waals surface area contributed by atoms with Crippen LogP contribution in [0.4, 0.5) is 10.5 Å². The van der Waals surface area contributed by atoms with Crippen LogP contribution >= 0.6 is 15.9 Å². The predicted molar refractivity (Wildman–Crippen MR) is 66.4 cm³/mol. The lowest BCUT2D eigenvalue weighted by Gasteiger charge is -2.09. The van der Waals surface area contributed by atoms with E-state index in [-0.39, 0.29) is 0 Å². The summed E-state index contributed by atoms with van der Waals surface area (Å²) in [7, 11) is 1.50. The van der Waals surface area contributed by atoms with Gasteiger partial charge in [-0.15, -0.1) is 0 Å². The molecule has 7 nitrogen and oxygen atoms in total. The Bertz CT molecular complexity index is 452. The Labute approximate surface area is 111 Å². The number of hydroxylamine groups is 1. The minimum atomic E-state index is -1.18. The Morgan fingerprint density at radius 1 is 1.44 bits per heavy atom. The highest BCUT2D eigenvalue weighted by molar-refractivity contribution is 9.10. The lowest BCUT2D eigenvalue weighted by atomic mass is 10.3. The van der Waals surface area contributed by atoms with Crippen LogP contribution in [0.5, 0.6) is 5.75 Å². The van der Waals surface area contributed by atoms with Gasteiger partial charge in [-0.3, -0.25) is 4.84 Å². The predicted octanol–water partition coefficient (Wildman–Crippen LogP) is 1.60. The molecule has 0 radical (unpaired) electrons. The number of carboxylic acid groups (broad SMARTS) is 1. The van der Waals surface area contributed by atoms with Crippen LogP contribution in [0, 0.1) is 0 Å². The summed E-state index contributed by atoms with van der Waals surface area (Å²) in [6, 6.07) is 4.33. The first-order valence-electron chi connectivity index (χ1n) is 4.77. The van der Waals surface area contributed by atoms with Gasteiger partial charge < -0.3 is 15.2 Å². The number of halogens is 1. The first-order chi connectivity index (χ1) is 8.52. The van der Waals surface area contributed by atoms with Crippen molar-refractivity contribution in [3.05, 3.63) is 22.7 Å². The summed E-state index contributed by atoms with van der Waals surface area (Å²) in [6.45, 7) is -0.618. The van der Waals surface area contributed by atoms with Crippen molar-refractivity contribution < 1.29 is 24.3 Å². The van der Waals surface area contributed by atoms with E-state index in [9.17, 15) is 9.59 Å². The molecule has 1 rings (SSSR count). The Balaban J connectivity index is 2.55. The monoisotopic (exact) mass is 318 g/mol. The highest BCUT2D eigenvalue weighted by Crippen LogP contribution is 2.26. The zero-order valence-electron chi connectivity index (χ0n) is 9.40. The molecule has 3 N–H and O–H groups in total. The minimum absolute atomic E-state index is 0.464. The molecule has 0 fully saturated rings. The fourth-order valence-electron chi connectivity index (χ4n) is 1.04. The molecule has 0 aliphatic carbocycles. The van der Waals surface area contributed by atoms with E-state index >= 15 is 0 Å². The number of anilines is 1. The molecule has 0 unspecified atom stereocenters. The van der Waals surface area contributed by atoms with Crippen LogP contribution < -0.4 is 15.5 Å². The van der Waals surface area contributed by atoms with Gasteiger partial charge in [0.2, 0.25) is 0 Å². The number of carbonyl (C=O) groups is 2. The molecule has 0 aromatic heterocycles. The van der Waals surface area contributed by atoms with Crippen LogP contribution in [-0.4, -0.2) is 30.8 Å². The summed E-state index contributed by atoms with van der Waals surface area (Å²) in [5, 5.41) is 10.8. The Hall–Kier alpha value is -1.80. The second-order valence-corrected chi connectivity index (χ2v) is 3.94. The molecule has 18 heavy (non-hydrogen) atoms. The van der Waals surface area contributed by atoms with Gasteiger partial charge in [-0.2, -0.15) is 0 Å². The average Bonchev–Trinajstić information content (AvgIpc) is 2.31. The number of methoxy groups -OCH3 is 1. The van der Waals surface area contributed by atoms with Gasteiger partial charge in [-0.05, 0) is 28.1 Å². The molecule has 8 heteroatoms. The van der Waals surface area contributed by atoms with E-state index in [4.69, 9.17) is 9.84 Å². The maximum Gasteiger partial charge on any atom is 0.343 e. The first kappa shape index (κ1) is 14.3. The summed E-state index contributed by atoms with van der Waals surface area (Å²) in [5.41, 5.74) is 2.40. The third-order valence-electron chi connectivity index (χ3n) is 1.78. The fraction of sp³-hybridized carbons (Fsp3) is 0.200. The number of ether oxygens (including phenoxy) is 1. The summed E-state index contributed by atoms with van der Waals surface area (Å²) in [5.74, 6) is -0.613. The normalized spacial score (nSPS) is 9.67. The van der Waals surface area contributed by atoms with Gasteiger partial charge in [0.1, 0.15) is 5.75 Å². The van der Waals surface area contributed by atoms with Crippen molar-refractivity contribution in [2.75, 3.05) is 19.0 Å². The molecular formula is C10H11BrN2O5. The Kier molecular flexibility index (Phi) is 5.40. The average molecular weight is 319 g/mol. The molecule has 0 bridgehead atoms. The number of amides is 2. The lowest BCUT2D eigenvalue weighted by molar-refractivity contribution is -0.143. The maximum absolute atomic E-state index is 11.3. The second-order valence-electron chi connectivity index (χ2n) is 3.08. The van der Waals surface area contributed by atoms with Crippen molar-refractivity contribution in [1.82, 2.24) is 5.48 Å². The molecule has 0 saturated carbocycles. The molecule has 0 aliphatic rings. The minimum Gasteiger partial charge on any atom is -0.497 e. The highest BCUT2D eigenvalue weighted by atomic mass is 79.9. The SMILES string of the molecule is COc1ccc(Br)c(NC(=O)NOCC(=O)O)c1. The molecule has 0 heterocycles. The van der Waals surface area contributed by atoms with Gasteiger partial charge in [0.05, 0.1) is 12.8 Å². The lowest BCUT2D eigenvalue weighted by Crippen LogP contribution is -2.30. The van der Waals surface area contributed by atoms with E-state index in [2.05, 4.69) is 26.1 Å². The molecule has 0 saturated heterocycles. The van der Waals surface area contributed by atoms with Crippen molar-refractivity contribution in [3.63, 3.8) is 0 Å². The topological polar surface area (TPSA) is 96.9 Å². The molecule has 1 aromatic carbocycles. The van der Waals surface area contributed by atoms with E-state index in [0.717, 1.165) is 0 Å². The second kappa shape index (κ2) is 6.82. The number of rotatable bonds is 5. The van der Waals surface area contributed by atoms with Crippen LogP contribution in [0.15, 0.2) is 22.7 Å². The van der Waals surface area contributed by atoms with Gasteiger partial charge in [0, 0.05) is 10.5 Å². The standard InChI is InChI=1S/C10H11BrN2O5/c1-17-6-2-3-7(11)8(4-6)12-10(16)13-18-5-9(14)15/h2-4H,5H2,1H3,(H,14,15)(H2,12,13,16). The third-order valence-corrected chi connectivity index (χ3v) is 2.47. The zero-order chi connectivity index (χ0) is 13.5. The largest absolute Gasteiger partial charge is 0.497 e. The molecule has 0 spiro atoms.